The van der Waals surface area contributed by atoms with Crippen molar-refractivity contribution in [2.24, 2.45) is 5.10 Å². The Hall–Kier alpha value is -4.28. The predicted molar refractivity (Wildman–Crippen MR) is 153 cm³/mol. The molecule has 0 fully saturated rings. The van der Waals surface area contributed by atoms with Crippen molar-refractivity contribution in [1.29, 1.82) is 0 Å². The number of esters is 1. The average molecular weight is 606 g/mol. The smallest absolute Gasteiger partial charge is 0.343 e. The van der Waals surface area contributed by atoms with Gasteiger partial charge >= 0.3 is 5.97 Å². The number of ether oxygens (including phenoxy) is 1. The number of hydrazone groups is 1. The zero-order chi connectivity index (χ0) is 27.8. The Kier molecular flexibility index (Phi) is 8.90. The molecule has 4 aromatic carbocycles. The van der Waals surface area contributed by atoms with Gasteiger partial charge in [-0.2, -0.15) is 5.10 Å². The molecule has 0 radical (unpaired) electrons. The van der Waals surface area contributed by atoms with E-state index >= 15 is 0 Å². The monoisotopic (exact) mass is 605 g/mol. The molecule has 0 unspecified atom stereocenters. The maximum Gasteiger partial charge on any atom is 0.343 e. The first-order valence-electron chi connectivity index (χ1n) is 11.8. The van der Waals surface area contributed by atoms with Crippen molar-refractivity contribution in [2.45, 2.75) is 11.8 Å². The first-order valence-corrected chi connectivity index (χ1v) is 14.0. The molecule has 1 amide bonds. The summed E-state index contributed by atoms with van der Waals surface area (Å²) in [5.41, 5.74) is 4.68. The number of anilines is 1. The lowest BCUT2D eigenvalue weighted by atomic mass is 10.2. The Balaban J connectivity index is 1.43. The van der Waals surface area contributed by atoms with Crippen LogP contribution in [0.5, 0.6) is 5.75 Å². The van der Waals surface area contributed by atoms with Crippen LogP contribution >= 0.6 is 15.9 Å². The number of aryl methyl sites for hydroxylation is 1. The number of carbonyl (C=O) groups is 2. The third kappa shape index (κ3) is 7.40. The van der Waals surface area contributed by atoms with Gasteiger partial charge in [0.25, 0.3) is 15.9 Å². The van der Waals surface area contributed by atoms with Crippen molar-refractivity contribution in [1.82, 2.24) is 5.43 Å². The highest BCUT2D eigenvalue weighted by atomic mass is 79.9. The van der Waals surface area contributed by atoms with Crippen LogP contribution in [-0.2, 0) is 14.8 Å². The first kappa shape index (κ1) is 27.7. The van der Waals surface area contributed by atoms with Crippen LogP contribution in [-0.4, -0.2) is 33.1 Å². The maximum absolute atomic E-state index is 13.4. The number of nitrogens with one attached hydrogen (secondary N) is 1. The Labute approximate surface area is 235 Å². The van der Waals surface area contributed by atoms with Gasteiger partial charge in [0.15, 0.2) is 0 Å². The zero-order valence-electron chi connectivity index (χ0n) is 20.8. The van der Waals surface area contributed by atoms with Crippen LogP contribution in [0.2, 0.25) is 0 Å². The molecule has 0 aromatic heterocycles. The Morgan fingerprint density at radius 2 is 1.62 bits per heavy atom. The Bertz CT molecular complexity index is 1590. The van der Waals surface area contributed by atoms with E-state index in [9.17, 15) is 18.0 Å². The van der Waals surface area contributed by atoms with E-state index in [1.807, 2.05) is 13.0 Å². The fourth-order valence-electron chi connectivity index (χ4n) is 3.49. The standard InChI is InChI=1S/C29H24BrN3O5S/c1-21-10-16-27(17-11-21)39(36,37)33(25-9-5-8-24(30)18-25)20-28(34)32-31-19-22-12-14-26(15-13-22)38-29(35)23-6-3-2-4-7-23/h2-19H,20H2,1H3,(H,32,34)/b31-19-. The maximum atomic E-state index is 13.4. The summed E-state index contributed by atoms with van der Waals surface area (Å²) in [5, 5.41) is 3.95. The van der Waals surface area contributed by atoms with Gasteiger partial charge in [0.2, 0.25) is 0 Å². The van der Waals surface area contributed by atoms with Crippen molar-refractivity contribution in [3.05, 3.63) is 124 Å². The number of carbonyl (C=O) groups excluding carboxylic acids is 2. The van der Waals surface area contributed by atoms with Crippen LogP contribution in [0, 0.1) is 6.92 Å². The van der Waals surface area contributed by atoms with Gasteiger partial charge in [-0.25, -0.2) is 18.6 Å². The molecule has 8 nitrogen and oxygen atoms in total. The molecule has 1 N–H and O–H groups in total. The highest BCUT2D eigenvalue weighted by Crippen LogP contribution is 2.26. The molecule has 10 heteroatoms. The molecule has 0 heterocycles. The van der Waals surface area contributed by atoms with E-state index in [1.165, 1.54) is 18.3 Å². The van der Waals surface area contributed by atoms with Gasteiger partial charge in [0.05, 0.1) is 22.4 Å². The summed E-state index contributed by atoms with van der Waals surface area (Å²) in [4.78, 5) is 25.0. The number of rotatable bonds is 9. The number of nitrogens with zero attached hydrogens (tertiary/aromatic N) is 2. The van der Waals surface area contributed by atoms with Crippen LogP contribution in [0.1, 0.15) is 21.5 Å². The molecule has 0 saturated heterocycles. The number of benzene rings is 4. The van der Waals surface area contributed by atoms with Crippen molar-refractivity contribution in [3.8, 4) is 5.75 Å². The van der Waals surface area contributed by atoms with Gasteiger partial charge in [0.1, 0.15) is 12.3 Å². The molecule has 4 rings (SSSR count). The summed E-state index contributed by atoms with van der Waals surface area (Å²) >= 11 is 3.35. The summed E-state index contributed by atoms with van der Waals surface area (Å²) in [5.74, 6) is -0.744. The third-order valence-corrected chi connectivity index (χ3v) is 7.78. The first-order chi connectivity index (χ1) is 18.7. The van der Waals surface area contributed by atoms with Gasteiger partial charge in [0, 0.05) is 4.47 Å². The number of hydrogen-bond donors (Lipinski definition) is 1. The second-order valence-electron chi connectivity index (χ2n) is 8.42. The lowest BCUT2D eigenvalue weighted by Gasteiger charge is -2.24. The largest absolute Gasteiger partial charge is 0.423 e. The molecule has 4 aromatic rings. The highest BCUT2D eigenvalue weighted by molar-refractivity contribution is 9.10. The lowest BCUT2D eigenvalue weighted by Crippen LogP contribution is -2.39. The van der Waals surface area contributed by atoms with Gasteiger partial charge in [-0.3, -0.25) is 9.10 Å². The SMILES string of the molecule is Cc1ccc(S(=O)(=O)N(CC(=O)N/N=C\c2ccc(OC(=O)c3ccccc3)cc2)c2cccc(Br)c2)cc1. The lowest BCUT2D eigenvalue weighted by molar-refractivity contribution is -0.119. The topological polar surface area (TPSA) is 105 Å². The minimum Gasteiger partial charge on any atom is -0.423 e. The average Bonchev–Trinajstić information content (AvgIpc) is 2.93. The number of hydrogen-bond acceptors (Lipinski definition) is 6. The normalized spacial score (nSPS) is 11.2. The summed E-state index contributed by atoms with van der Waals surface area (Å²) in [7, 11) is -4.04. The van der Waals surface area contributed by atoms with Crippen molar-refractivity contribution >= 4 is 49.7 Å². The van der Waals surface area contributed by atoms with Crippen LogP contribution in [0.15, 0.2) is 118 Å². The van der Waals surface area contributed by atoms with E-state index in [2.05, 4.69) is 26.5 Å². The quantitative estimate of drug-likeness (QED) is 0.120. The van der Waals surface area contributed by atoms with Crippen LogP contribution in [0.3, 0.4) is 0 Å². The summed E-state index contributed by atoms with van der Waals surface area (Å²) in [6.45, 7) is 1.37. The van der Waals surface area contributed by atoms with Crippen LogP contribution in [0.4, 0.5) is 5.69 Å². The summed E-state index contributed by atoms with van der Waals surface area (Å²) in [6, 6.07) is 28.3. The van der Waals surface area contributed by atoms with E-state index in [-0.39, 0.29) is 4.90 Å². The van der Waals surface area contributed by atoms with Crippen molar-refractivity contribution in [2.75, 3.05) is 10.8 Å². The van der Waals surface area contributed by atoms with E-state index < -0.39 is 28.4 Å². The van der Waals surface area contributed by atoms with Crippen molar-refractivity contribution in [3.63, 3.8) is 0 Å². The van der Waals surface area contributed by atoms with Crippen molar-refractivity contribution < 1.29 is 22.7 Å². The molecule has 0 spiro atoms. The van der Waals surface area contributed by atoms with Gasteiger partial charge in [-0.15, -0.1) is 0 Å². The third-order valence-electron chi connectivity index (χ3n) is 5.50. The van der Waals surface area contributed by atoms with Crippen LogP contribution in [0.25, 0.3) is 0 Å². The molecular weight excluding hydrogens is 582 g/mol. The molecule has 0 atom stereocenters. The summed E-state index contributed by atoms with van der Waals surface area (Å²) < 4.78 is 33.9. The molecule has 39 heavy (non-hydrogen) atoms. The Morgan fingerprint density at radius 1 is 0.923 bits per heavy atom. The molecule has 0 aliphatic rings. The van der Waals surface area contributed by atoms with Crippen LogP contribution < -0.4 is 14.5 Å². The molecule has 0 bridgehead atoms. The zero-order valence-corrected chi connectivity index (χ0v) is 23.2. The van der Waals surface area contributed by atoms with Gasteiger partial charge in [-0.05, 0) is 79.2 Å². The molecule has 198 valence electrons. The molecule has 0 aliphatic carbocycles. The molecular formula is C29H24BrN3O5S. The number of halogens is 1. The second-order valence-corrected chi connectivity index (χ2v) is 11.2. The fourth-order valence-corrected chi connectivity index (χ4v) is 5.29. The van der Waals surface area contributed by atoms with E-state index in [1.54, 1.807) is 84.9 Å². The Morgan fingerprint density at radius 3 is 2.28 bits per heavy atom. The molecule has 0 saturated carbocycles. The number of sulfonamides is 1. The van der Waals surface area contributed by atoms with Gasteiger partial charge < -0.3 is 4.74 Å². The predicted octanol–water partition coefficient (Wildman–Crippen LogP) is 5.32. The fraction of sp³-hybridized carbons (Fsp3) is 0.0690. The summed E-state index contributed by atoms with van der Waals surface area (Å²) in [6.07, 6.45) is 1.40. The minimum absolute atomic E-state index is 0.0671. The van der Waals surface area contributed by atoms with E-state index in [4.69, 9.17) is 4.74 Å². The second kappa shape index (κ2) is 12.5. The van der Waals surface area contributed by atoms with E-state index in [0.29, 0.717) is 27.0 Å². The highest BCUT2D eigenvalue weighted by Gasteiger charge is 2.27. The number of amides is 1. The van der Waals surface area contributed by atoms with E-state index in [0.717, 1.165) is 9.87 Å². The minimum atomic E-state index is -4.04. The molecule has 0 aliphatic heterocycles. The van der Waals surface area contributed by atoms with Gasteiger partial charge in [-0.1, -0.05) is 57.9 Å².